The third-order valence-corrected chi connectivity index (χ3v) is 3.77. The molecule has 0 spiro atoms. The first-order chi connectivity index (χ1) is 8.70. The van der Waals surface area contributed by atoms with Crippen molar-refractivity contribution in [1.82, 2.24) is 10.2 Å². The molecule has 1 unspecified atom stereocenters. The Morgan fingerprint density at radius 2 is 2.33 bits per heavy atom. The van der Waals surface area contributed by atoms with Crippen LogP contribution in [0, 0.1) is 0 Å². The second-order valence-electron chi connectivity index (χ2n) is 4.29. The molecule has 1 aromatic rings. The molecule has 5 heteroatoms. The zero-order chi connectivity index (χ0) is 13.0. The predicted molar refractivity (Wildman–Crippen MR) is 73.3 cm³/mol. The predicted octanol–water partition coefficient (Wildman–Crippen LogP) is 1.57. The van der Waals surface area contributed by atoms with Crippen LogP contribution >= 0.6 is 15.9 Å². The van der Waals surface area contributed by atoms with Gasteiger partial charge in [-0.05, 0) is 11.6 Å². The van der Waals surface area contributed by atoms with E-state index in [-0.39, 0.29) is 12.0 Å². The number of rotatable bonds is 3. The summed E-state index contributed by atoms with van der Waals surface area (Å²) < 4.78 is 6.84. The van der Waals surface area contributed by atoms with Crippen LogP contribution in [0.15, 0.2) is 28.7 Å². The number of benzene rings is 1. The third-order valence-electron chi connectivity index (χ3n) is 3.05. The van der Waals surface area contributed by atoms with Gasteiger partial charge in [-0.1, -0.05) is 34.1 Å². The highest BCUT2D eigenvalue weighted by Crippen LogP contribution is 2.28. The Labute approximate surface area is 115 Å². The van der Waals surface area contributed by atoms with Crippen LogP contribution in [-0.2, 0) is 9.53 Å². The van der Waals surface area contributed by atoms with Crippen molar-refractivity contribution in [1.29, 1.82) is 0 Å². The highest BCUT2D eigenvalue weighted by molar-refractivity contribution is 9.10. The topological polar surface area (TPSA) is 41.6 Å². The lowest BCUT2D eigenvalue weighted by Gasteiger charge is -2.32. The maximum atomic E-state index is 11.4. The number of hydrogen-bond acceptors (Lipinski definition) is 3. The van der Waals surface area contributed by atoms with Crippen molar-refractivity contribution in [2.75, 3.05) is 33.3 Å². The number of carbonyl (C=O) groups is 1. The van der Waals surface area contributed by atoms with Gasteiger partial charge in [-0.3, -0.25) is 9.69 Å². The molecule has 1 N–H and O–H groups in total. The van der Waals surface area contributed by atoms with E-state index in [9.17, 15) is 4.79 Å². The van der Waals surface area contributed by atoms with Gasteiger partial charge in [-0.15, -0.1) is 0 Å². The summed E-state index contributed by atoms with van der Waals surface area (Å²) in [6.07, 6.45) is 0.0268. The van der Waals surface area contributed by atoms with Gasteiger partial charge in [0, 0.05) is 24.6 Å². The Hall–Kier alpha value is -0.910. The summed E-state index contributed by atoms with van der Waals surface area (Å²) in [6, 6.07) is 8.05. The molecule has 0 bridgehead atoms. The summed E-state index contributed by atoms with van der Waals surface area (Å²) >= 11 is 3.54. The molecule has 2 rings (SSSR count). The maximum absolute atomic E-state index is 11.4. The van der Waals surface area contributed by atoms with Crippen LogP contribution in [0.4, 0.5) is 0 Å². The molecule has 1 heterocycles. The lowest BCUT2D eigenvalue weighted by atomic mass is 10.1. The molecule has 1 atom stereocenters. The Kier molecular flexibility index (Phi) is 4.74. The Bertz CT molecular complexity index is 425. The summed E-state index contributed by atoms with van der Waals surface area (Å²) in [6.45, 7) is 2.63. The molecule has 1 aromatic carbocycles. The summed E-state index contributed by atoms with van der Waals surface area (Å²) in [5.74, 6) is 0.0442. The molecule has 1 aliphatic heterocycles. The van der Waals surface area contributed by atoms with E-state index < -0.39 is 0 Å². The fraction of sp³-hybridized carbons (Fsp3) is 0.462. The Morgan fingerprint density at radius 1 is 1.56 bits per heavy atom. The number of hydrogen-bond donors (Lipinski definition) is 1. The summed E-state index contributed by atoms with van der Waals surface area (Å²) in [5, 5.41) is 2.65. The van der Waals surface area contributed by atoms with Crippen molar-refractivity contribution in [2.24, 2.45) is 0 Å². The first-order valence-electron chi connectivity index (χ1n) is 5.99. The van der Waals surface area contributed by atoms with Crippen LogP contribution in [0.25, 0.3) is 0 Å². The van der Waals surface area contributed by atoms with Gasteiger partial charge in [-0.2, -0.15) is 0 Å². The molecule has 1 fully saturated rings. The molecule has 0 radical (unpaired) electrons. The molecule has 1 amide bonds. The molecule has 0 aliphatic carbocycles. The van der Waals surface area contributed by atoms with Gasteiger partial charge < -0.3 is 10.1 Å². The number of nitrogens with one attached hydrogen (secondary N) is 1. The molecule has 1 aliphatic rings. The minimum atomic E-state index is 0.0268. The Morgan fingerprint density at radius 3 is 3.06 bits per heavy atom. The van der Waals surface area contributed by atoms with E-state index in [1.807, 2.05) is 18.2 Å². The largest absolute Gasteiger partial charge is 0.371 e. The summed E-state index contributed by atoms with van der Waals surface area (Å²) in [7, 11) is 1.66. The maximum Gasteiger partial charge on any atom is 0.233 e. The highest BCUT2D eigenvalue weighted by atomic mass is 79.9. The van der Waals surface area contributed by atoms with Crippen molar-refractivity contribution in [3.8, 4) is 0 Å². The average Bonchev–Trinajstić information content (AvgIpc) is 2.39. The number of amides is 1. The third kappa shape index (κ3) is 3.31. The number of likely N-dealkylation sites (N-methyl/N-ethyl adjacent to an activating group) is 1. The fourth-order valence-electron chi connectivity index (χ4n) is 2.05. The molecule has 4 nitrogen and oxygen atoms in total. The molecule has 1 saturated heterocycles. The quantitative estimate of drug-likeness (QED) is 0.921. The van der Waals surface area contributed by atoms with Crippen molar-refractivity contribution in [3.63, 3.8) is 0 Å². The van der Waals surface area contributed by atoms with Gasteiger partial charge in [0.15, 0.2) is 0 Å². The monoisotopic (exact) mass is 312 g/mol. The Balaban J connectivity index is 2.03. The number of nitrogens with zero attached hydrogens (tertiary/aromatic N) is 1. The van der Waals surface area contributed by atoms with E-state index in [0.29, 0.717) is 13.2 Å². The number of morpholine rings is 1. The average molecular weight is 313 g/mol. The molecular formula is C13H17BrN2O2. The van der Waals surface area contributed by atoms with Crippen LogP contribution in [0.1, 0.15) is 11.7 Å². The van der Waals surface area contributed by atoms with E-state index in [0.717, 1.165) is 23.1 Å². The highest BCUT2D eigenvalue weighted by Gasteiger charge is 2.24. The van der Waals surface area contributed by atoms with Gasteiger partial charge in [-0.25, -0.2) is 0 Å². The lowest BCUT2D eigenvalue weighted by Crippen LogP contribution is -2.43. The number of ether oxygens (including phenoxy) is 1. The standard InChI is InChI=1S/C13H17BrN2O2/c1-15-13(17)9-16-6-7-18-12(8-16)10-4-2-3-5-11(10)14/h2-5,12H,6-9H2,1H3,(H,15,17). The van der Waals surface area contributed by atoms with Crippen molar-refractivity contribution in [2.45, 2.75) is 6.10 Å². The van der Waals surface area contributed by atoms with Crippen LogP contribution in [0.2, 0.25) is 0 Å². The normalized spacial score (nSPS) is 20.7. The van der Waals surface area contributed by atoms with Crippen LogP contribution in [-0.4, -0.2) is 44.1 Å². The van der Waals surface area contributed by atoms with E-state index in [4.69, 9.17) is 4.74 Å². The zero-order valence-electron chi connectivity index (χ0n) is 10.4. The van der Waals surface area contributed by atoms with E-state index >= 15 is 0 Å². The van der Waals surface area contributed by atoms with Crippen molar-refractivity contribution >= 4 is 21.8 Å². The second-order valence-corrected chi connectivity index (χ2v) is 5.14. The van der Waals surface area contributed by atoms with Gasteiger partial charge in [0.1, 0.15) is 0 Å². The van der Waals surface area contributed by atoms with Crippen LogP contribution < -0.4 is 5.32 Å². The fourth-order valence-corrected chi connectivity index (χ4v) is 2.59. The van der Waals surface area contributed by atoms with E-state index in [1.165, 1.54) is 0 Å². The first-order valence-corrected chi connectivity index (χ1v) is 6.79. The number of carbonyl (C=O) groups excluding carboxylic acids is 1. The minimum Gasteiger partial charge on any atom is -0.371 e. The van der Waals surface area contributed by atoms with E-state index in [2.05, 4.69) is 32.2 Å². The molecule has 18 heavy (non-hydrogen) atoms. The van der Waals surface area contributed by atoms with Crippen molar-refractivity contribution < 1.29 is 9.53 Å². The molecule has 0 aromatic heterocycles. The lowest BCUT2D eigenvalue weighted by molar-refractivity contribution is -0.123. The molecule has 98 valence electrons. The first kappa shape index (κ1) is 13.5. The van der Waals surface area contributed by atoms with Gasteiger partial charge in [0.25, 0.3) is 0 Å². The van der Waals surface area contributed by atoms with Gasteiger partial charge >= 0.3 is 0 Å². The molecular weight excluding hydrogens is 296 g/mol. The van der Waals surface area contributed by atoms with Crippen LogP contribution in [0.3, 0.4) is 0 Å². The SMILES string of the molecule is CNC(=O)CN1CCOC(c2ccccc2Br)C1. The second kappa shape index (κ2) is 6.31. The summed E-state index contributed by atoms with van der Waals surface area (Å²) in [4.78, 5) is 13.5. The van der Waals surface area contributed by atoms with Crippen molar-refractivity contribution in [3.05, 3.63) is 34.3 Å². The summed E-state index contributed by atoms with van der Waals surface area (Å²) in [5.41, 5.74) is 1.14. The minimum absolute atomic E-state index is 0.0268. The van der Waals surface area contributed by atoms with Crippen LogP contribution in [0.5, 0.6) is 0 Å². The number of halogens is 1. The van der Waals surface area contributed by atoms with Gasteiger partial charge in [0.2, 0.25) is 5.91 Å². The van der Waals surface area contributed by atoms with Gasteiger partial charge in [0.05, 0.1) is 19.3 Å². The zero-order valence-corrected chi connectivity index (χ0v) is 11.9. The molecule has 0 saturated carbocycles. The van der Waals surface area contributed by atoms with E-state index in [1.54, 1.807) is 7.05 Å². The smallest absolute Gasteiger partial charge is 0.233 e.